The molecule has 0 unspecified atom stereocenters. The maximum atomic E-state index is 12.4. The number of rotatable bonds is 7. The Morgan fingerprint density at radius 3 is 2.44 bits per heavy atom. The predicted molar refractivity (Wildman–Crippen MR) is 95.0 cm³/mol. The molecule has 0 saturated heterocycles. The van der Waals surface area contributed by atoms with Gasteiger partial charge in [0, 0.05) is 18.1 Å². The first kappa shape index (κ1) is 18.9. The molecule has 2 aromatic rings. The standard InChI is InChI=1S/C16H17ClN2O5S/c1-23-13-5-7-14(8-6-13)24-25(21,22)15-4-2-3-12(11-15)19-16(20)18-10-9-17/h2-8,11H,9-10H2,1H3,(H2,18,19,20). The largest absolute Gasteiger partial charge is 0.497 e. The third-order valence-corrected chi connectivity index (χ3v) is 4.46. The van der Waals surface area contributed by atoms with E-state index in [2.05, 4.69) is 10.6 Å². The first-order valence-electron chi connectivity index (χ1n) is 7.24. The molecule has 134 valence electrons. The normalized spacial score (nSPS) is 10.8. The van der Waals surface area contributed by atoms with Crippen LogP contribution < -0.4 is 19.6 Å². The summed E-state index contributed by atoms with van der Waals surface area (Å²) >= 11 is 5.48. The average Bonchev–Trinajstić information content (AvgIpc) is 2.60. The minimum Gasteiger partial charge on any atom is -0.497 e. The molecule has 7 nitrogen and oxygen atoms in total. The molecule has 0 saturated carbocycles. The van der Waals surface area contributed by atoms with Crippen LogP contribution in [0.25, 0.3) is 0 Å². The first-order valence-corrected chi connectivity index (χ1v) is 9.18. The van der Waals surface area contributed by atoms with Gasteiger partial charge < -0.3 is 19.6 Å². The van der Waals surface area contributed by atoms with E-state index in [0.29, 0.717) is 18.0 Å². The molecular formula is C16H17ClN2O5S. The molecule has 0 radical (unpaired) electrons. The molecule has 0 aliphatic carbocycles. The zero-order chi connectivity index (χ0) is 18.3. The summed E-state index contributed by atoms with van der Waals surface area (Å²) in [6.07, 6.45) is 0. The molecule has 0 aliphatic rings. The van der Waals surface area contributed by atoms with Crippen molar-refractivity contribution in [1.29, 1.82) is 0 Å². The lowest BCUT2D eigenvalue weighted by Crippen LogP contribution is -2.30. The Bertz CT molecular complexity index is 825. The number of alkyl halides is 1. The molecule has 2 N–H and O–H groups in total. The van der Waals surface area contributed by atoms with Crippen molar-refractivity contribution in [2.24, 2.45) is 0 Å². The second-order valence-electron chi connectivity index (χ2n) is 4.81. The van der Waals surface area contributed by atoms with E-state index in [1.165, 1.54) is 37.4 Å². The van der Waals surface area contributed by atoms with E-state index in [1.807, 2.05) is 0 Å². The van der Waals surface area contributed by atoms with Gasteiger partial charge in [0.2, 0.25) is 0 Å². The van der Waals surface area contributed by atoms with Crippen LogP contribution in [0.5, 0.6) is 11.5 Å². The number of methoxy groups -OCH3 is 1. The van der Waals surface area contributed by atoms with Crippen molar-refractivity contribution in [3.8, 4) is 11.5 Å². The van der Waals surface area contributed by atoms with Gasteiger partial charge in [-0.15, -0.1) is 11.6 Å². The molecule has 0 spiro atoms. The van der Waals surface area contributed by atoms with Gasteiger partial charge in [-0.05, 0) is 42.5 Å². The Balaban J connectivity index is 2.13. The van der Waals surface area contributed by atoms with Gasteiger partial charge in [0.05, 0.1) is 7.11 Å². The lowest BCUT2D eigenvalue weighted by atomic mass is 10.3. The van der Waals surface area contributed by atoms with E-state index in [1.54, 1.807) is 18.2 Å². The van der Waals surface area contributed by atoms with Gasteiger partial charge in [-0.25, -0.2) is 4.79 Å². The second-order valence-corrected chi connectivity index (χ2v) is 6.73. The summed E-state index contributed by atoms with van der Waals surface area (Å²) in [5, 5.41) is 5.04. The second kappa shape index (κ2) is 8.59. The quantitative estimate of drug-likeness (QED) is 0.565. The van der Waals surface area contributed by atoms with Gasteiger partial charge in [-0.3, -0.25) is 0 Å². The number of halogens is 1. The topological polar surface area (TPSA) is 93.7 Å². The number of benzene rings is 2. The van der Waals surface area contributed by atoms with Crippen molar-refractivity contribution in [3.05, 3.63) is 48.5 Å². The lowest BCUT2D eigenvalue weighted by Gasteiger charge is -2.10. The van der Waals surface area contributed by atoms with Crippen LogP contribution in [-0.2, 0) is 10.1 Å². The molecule has 0 bridgehead atoms. The molecule has 2 aromatic carbocycles. The summed E-state index contributed by atoms with van der Waals surface area (Å²) in [6, 6.07) is 11.4. The van der Waals surface area contributed by atoms with Crippen LogP contribution in [0.1, 0.15) is 0 Å². The number of amides is 2. The molecule has 0 atom stereocenters. The highest BCUT2D eigenvalue weighted by atomic mass is 35.5. The van der Waals surface area contributed by atoms with Crippen molar-refractivity contribution in [2.75, 3.05) is 24.9 Å². The van der Waals surface area contributed by atoms with Crippen molar-refractivity contribution < 1.29 is 22.1 Å². The summed E-state index contributed by atoms with van der Waals surface area (Å²) in [7, 11) is -2.53. The highest BCUT2D eigenvalue weighted by Crippen LogP contribution is 2.23. The molecule has 9 heteroatoms. The van der Waals surface area contributed by atoms with E-state index in [-0.39, 0.29) is 16.5 Å². The maximum Gasteiger partial charge on any atom is 0.339 e. The molecule has 0 heterocycles. The summed E-state index contributed by atoms with van der Waals surface area (Å²) < 4.78 is 34.8. The van der Waals surface area contributed by atoms with Gasteiger partial charge in [-0.1, -0.05) is 6.07 Å². The van der Waals surface area contributed by atoms with Crippen molar-refractivity contribution >= 4 is 33.4 Å². The van der Waals surface area contributed by atoms with Crippen LogP contribution in [0.4, 0.5) is 10.5 Å². The fourth-order valence-electron chi connectivity index (χ4n) is 1.87. The smallest absolute Gasteiger partial charge is 0.339 e. The predicted octanol–water partition coefficient (Wildman–Crippen LogP) is 2.82. The van der Waals surface area contributed by atoms with Crippen molar-refractivity contribution in [1.82, 2.24) is 5.32 Å². The van der Waals surface area contributed by atoms with E-state index >= 15 is 0 Å². The van der Waals surface area contributed by atoms with Crippen LogP contribution in [0.15, 0.2) is 53.4 Å². The number of carbonyl (C=O) groups is 1. The first-order chi connectivity index (χ1) is 11.9. The Hall–Kier alpha value is -2.45. The van der Waals surface area contributed by atoms with Gasteiger partial charge in [0.1, 0.15) is 16.4 Å². The zero-order valence-electron chi connectivity index (χ0n) is 13.4. The molecule has 0 aliphatic heterocycles. The van der Waals surface area contributed by atoms with Crippen LogP contribution in [0, 0.1) is 0 Å². The van der Waals surface area contributed by atoms with Gasteiger partial charge >= 0.3 is 16.1 Å². The van der Waals surface area contributed by atoms with Crippen LogP contribution >= 0.6 is 11.6 Å². The Morgan fingerprint density at radius 2 is 1.80 bits per heavy atom. The molecule has 25 heavy (non-hydrogen) atoms. The van der Waals surface area contributed by atoms with Gasteiger partial charge in [0.15, 0.2) is 0 Å². The molecule has 2 rings (SSSR count). The Morgan fingerprint density at radius 1 is 1.12 bits per heavy atom. The fourth-order valence-corrected chi connectivity index (χ4v) is 2.94. The number of hydrogen-bond acceptors (Lipinski definition) is 5. The number of ether oxygens (including phenoxy) is 1. The van der Waals surface area contributed by atoms with Crippen LogP contribution in [0.2, 0.25) is 0 Å². The number of anilines is 1. The molecule has 0 fully saturated rings. The van der Waals surface area contributed by atoms with E-state index in [4.69, 9.17) is 20.5 Å². The molecule has 0 aromatic heterocycles. The summed E-state index contributed by atoms with van der Waals surface area (Å²) in [5.74, 6) is 1.01. The van der Waals surface area contributed by atoms with E-state index in [0.717, 1.165) is 0 Å². The van der Waals surface area contributed by atoms with Gasteiger partial charge in [0.25, 0.3) is 0 Å². The highest BCUT2D eigenvalue weighted by molar-refractivity contribution is 7.87. The number of urea groups is 1. The number of hydrogen-bond donors (Lipinski definition) is 2. The van der Waals surface area contributed by atoms with Crippen LogP contribution in [0.3, 0.4) is 0 Å². The third-order valence-electron chi connectivity index (χ3n) is 3.03. The average molecular weight is 385 g/mol. The number of carbonyl (C=O) groups excluding carboxylic acids is 1. The van der Waals surface area contributed by atoms with Gasteiger partial charge in [-0.2, -0.15) is 8.42 Å². The summed E-state index contributed by atoms with van der Waals surface area (Å²) in [4.78, 5) is 11.5. The van der Waals surface area contributed by atoms with E-state index in [9.17, 15) is 13.2 Å². The monoisotopic (exact) mass is 384 g/mol. The van der Waals surface area contributed by atoms with Crippen molar-refractivity contribution in [2.45, 2.75) is 4.90 Å². The Kier molecular flexibility index (Phi) is 6.49. The minimum absolute atomic E-state index is 0.0848. The summed E-state index contributed by atoms with van der Waals surface area (Å²) in [5.41, 5.74) is 0.312. The molecule has 2 amide bonds. The lowest BCUT2D eigenvalue weighted by molar-refractivity contribution is 0.252. The van der Waals surface area contributed by atoms with Crippen molar-refractivity contribution in [3.63, 3.8) is 0 Å². The minimum atomic E-state index is -4.04. The zero-order valence-corrected chi connectivity index (χ0v) is 14.9. The maximum absolute atomic E-state index is 12.4. The highest BCUT2D eigenvalue weighted by Gasteiger charge is 2.17. The number of nitrogens with one attached hydrogen (secondary N) is 2. The molecular weight excluding hydrogens is 368 g/mol. The Labute approximate surface area is 151 Å². The van der Waals surface area contributed by atoms with E-state index < -0.39 is 16.1 Å². The third kappa shape index (κ3) is 5.54. The fraction of sp³-hybridized carbons (Fsp3) is 0.188. The van der Waals surface area contributed by atoms with Crippen LogP contribution in [-0.4, -0.2) is 34.0 Å². The summed E-state index contributed by atoms with van der Waals surface area (Å²) in [6.45, 7) is 0.298. The SMILES string of the molecule is COc1ccc(OS(=O)(=O)c2cccc(NC(=O)NCCCl)c2)cc1.